The van der Waals surface area contributed by atoms with Crippen molar-refractivity contribution in [2.45, 2.75) is 0 Å². The predicted molar refractivity (Wildman–Crippen MR) is 144 cm³/mol. The topological polar surface area (TPSA) is 35.1 Å². The molecule has 0 fully saturated rings. The van der Waals surface area contributed by atoms with Crippen LogP contribution in [0.2, 0.25) is 0 Å². The molecule has 0 N–H and O–H groups in total. The zero-order valence-electron chi connectivity index (χ0n) is 22.1. The summed E-state index contributed by atoms with van der Waals surface area (Å²) in [5.74, 6) is -22.0. The monoisotopic (exact) mass is 628 g/mol. The SMILES string of the molecule is Cn1ccc2c(-c3c(F)c(F)c(F)c(F)c3F)c3ccn4c5nccc5c(-c5c(F)c(F)c(F)c(F)c5F)c5cnc(c5c34)c21. The predicted octanol–water partition coefficient (Wildman–Crippen LogP) is 8.84. The lowest BCUT2D eigenvalue weighted by Crippen LogP contribution is -2.04. The van der Waals surface area contributed by atoms with E-state index in [0.717, 1.165) is 6.20 Å². The van der Waals surface area contributed by atoms with Gasteiger partial charge in [0.1, 0.15) is 5.65 Å². The summed E-state index contributed by atoms with van der Waals surface area (Å²) in [5.41, 5.74) is -3.38. The molecule has 0 aliphatic rings. The summed E-state index contributed by atoms with van der Waals surface area (Å²) < 4.78 is 151. The molecule has 0 saturated carbocycles. The van der Waals surface area contributed by atoms with Crippen LogP contribution in [0.15, 0.2) is 43.0 Å². The van der Waals surface area contributed by atoms with Crippen molar-refractivity contribution in [3.8, 4) is 22.3 Å². The number of aromatic nitrogens is 4. The molecule has 0 aliphatic heterocycles. The Morgan fingerprint density at radius 3 is 1.56 bits per heavy atom. The molecule has 0 unspecified atom stereocenters. The van der Waals surface area contributed by atoms with Gasteiger partial charge in [-0.2, -0.15) is 0 Å². The number of rotatable bonds is 2. The minimum atomic E-state index is -2.37. The number of hydrogen-bond donors (Lipinski definition) is 0. The Morgan fingerprint density at radius 1 is 0.489 bits per heavy atom. The van der Waals surface area contributed by atoms with Gasteiger partial charge >= 0.3 is 0 Å². The summed E-state index contributed by atoms with van der Waals surface area (Å²) >= 11 is 0. The van der Waals surface area contributed by atoms with E-state index >= 15 is 17.6 Å². The van der Waals surface area contributed by atoms with Crippen molar-refractivity contribution in [2.75, 3.05) is 0 Å². The van der Waals surface area contributed by atoms with Gasteiger partial charge in [-0.15, -0.1) is 0 Å². The van der Waals surface area contributed by atoms with Crippen molar-refractivity contribution in [1.29, 1.82) is 0 Å². The van der Waals surface area contributed by atoms with E-state index in [1.54, 1.807) is 0 Å². The van der Waals surface area contributed by atoms with Gasteiger partial charge in [-0.05, 0) is 18.2 Å². The highest BCUT2D eigenvalue weighted by molar-refractivity contribution is 6.29. The normalized spacial score (nSPS) is 12.3. The first-order valence-corrected chi connectivity index (χ1v) is 12.9. The fourth-order valence-electron chi connectivity index (χ4n) is 6.28. The Morgan fingerprint density at radius 2 is 0.978 bits per heavy atom. The standard InChI is InChI=1S/C31H10F10N4/c1-44-6-3-10-13(16-18(32)22(36)26(40)23(37)19(16)33)9-4-7-45-29(9)15-12(8-43-28(15)30(10)44)14(11-2-5-42-31(11)45)17-20(34)24(38)27(41)25(39)21(17)35/h2-8H,1H3. The molecular formula is C31H10F10N4. The number of benzene rings is 2. The molecule has 45 heavy (non-hydrogen) atoms. The lowest BCUT2D eigenvalue weighted by Gasteiger charge is -2.10. The molecule has 0 saturated heterocycles. The second-order valence-corrected chi connectivity index (χ2v) is 10.4. The van der Waals surface area contributed by atoms with Crippen molar-refractivity contribution in [3.05, 3.63) is 101 Å². The van der Waals surface area contributed by atoms with Crippen molar-refractivity contribution < 1.29 is 43.9 Å². The summed E-state index contributed by atoms with van der Waals surface area (Å²) in [5, 5.41) is -0.325. The first-order valence-electron chi connectivity index (χ1n) is 12.9. The van der Waals surface area contributed by atoms with Crippen LogP contribution in [0.3, 0.4) is 0 Å². The molecular weight excluding hydrogens is 618 g/mol. The molecule has 0 radical (unpaired) electrons. The van der Waals surface area contributed by atoms with Crippen LogP contribution in [0.5, 0.6) is 0 Å². The number of aryl methyl sites for hydroxylation is 1. The Hall–Kier alpha value is -5.40. The molecule has 8 rings (SSSR count). The van der Waals surface area contributed by atoms with E-state index in [-0.39, 0.29) is 49.1 Å². The second-order valence-electron chi connectivity index (χ2n) is 10.4. The van der Waals surface area contributed by atoms with Gasteiger partial charge in [0.05, 0.1) is 27.7 Å². The minimum absolute atomic E-state index is 0.00598. The number of nitrogens with zero attached hydrogens (tertiary/aromatic N) is 4. The molecule has 0 amide bonds. The summed E-state index contributed by atoms with van der Waals surface area (Å²) in [6.45, 7) is 0. The van der Waals surface area contributed by atoms with Crippen LogP contribution in [0.25, 0.3) is 71.4 Å². The molecule has 3 aromatic carbocycles. The molecule has 224 valence electrons. The van der Waals surface area contributed by atoms with E-state index in [1.807, 2.05) is 0 Å². The van der Waals surface area contributed by atoms with Gasteiger partial charge in [-0.25, -0.2) is 48.9 Å². The van der Waals surface area contributed by atoms with Crippen molar-refractivity contribution in [2.24, 2.45) is 7.05 Å². The molecule has 0 spiro atoms. The molecule has 5 aromatic heterocycles. The average Bonchev–Trinajstić information content (AvgIpc) is 3.81. The Bertz CT molecular complexity index is 2560. The fraction of sp³-hybridized carbons (Fsp3) is 0.0323. The maximum atomic E-state index is 15.4. The summed E-state index contributed by atoms with van der Waals surface area (Å²) in [7, 11) is 1.50. The van der Waals surface area contributed by atoms with Gasteiger partial charge < -0.3 is 4.57 Å². The van der Waals surface area contributed by atoms with Crippen molar-refractivity contribution in [3.63, 3.8) is 0 Å². The Labute approximate surface area is 242 Å². The smallest absolute Gasteiger partial charge is 0.200 e. The molecule has 8 aromatic rings. The molecule has 0 atom stereocenters. The maximum Gasteiger partial charge on any atom is 0.200 e. The summed E-state index contributed by atoms with van der Waals surface area (Å²) in [6, 6.07) is 3.95. The molecule has 0 aliphatic carbocycles. The quantitative estimate of drug-likeness (QED) is 0.109. The van der Waals surface area contributed by atoms with Crippen LogP contribution in [-0.2, 0) is 7.05 Å². The van der Waals surface area contributed by atoms with Crippen LogP contribution in [0.4, 0.5) is 43.9 Å². The zero-order chi connectivity index (χ0) is 31.8. The minimum Gasteiger partial charge on any atom is -0.349 e. The molecule has 14 heteroatoms. The summed E-state index contributed by atoms with van der Waals surface area (Å²) in [4.78, 5) is 8.63. The van der Waals surface area contributed by atoms with E-state index < -0.39 is 80.4 Å². The van der Waals surface area contributed by atoms with Gasteiger partial charge in [-0.1, -0.05) is 0 Å². The fourth-order valence-corrected chi connectivity index (χ4v) is 6.28. The van der Waals surface area contributed by atoms with Crippen LogP contribution in [-0.4, -0.2) is 18.9 Å². The first kappa shape index (κ1) is 27.2. The van der Waals surface area contributed by atoms with Gasteiger partial charge in [0.2, 0.25) is 11.6 Å². The van der Waals surface area contributed by atoms with E-state index in [9.17, 15) is 26.3 Å². The second kappa shape index (κ2) is 8.83. The largest absolute Gasteiger partial charge is 0.349 e. The van der Waals surface area contributed by atoms with E-state index in [0.29, 0.717) is 0 Å². The first-order chi connectivity index (χ1) is 21.5. The van der Waals surface area contributed by atoms with Gasteiger partial charge in [-0.3, -0.25) is 9.38 Å². The van der Waals surface area contributed by atoms with Crippen LogP contribution >= 0.6 is 0 Å². The maximum absolute atomic E-state index is 15.4. The summed E-state index contributed by atoms with van der Waals surface area (Å²) in [6.07, 6.45) is 5.10. The Kier molecular flexibility index (Phi) is 5.33. The molecule has 0 bridgehead atoms. The van der Waals surface area contributed by atoms with Crippen LogP contribution < -0.4 is 0 Å². The van der Waals surface area contributed by atoms with Gasteiger partial charge in [0.15, 0.2) is 46.5 Å². The van der Waals surface area contributed by atoms with Crippen molar-refractivity contribution in [1.82, 2.24) is 18.9 Å². The van der Waals surface area contributed by atoms with Crippen LogP contribution in [0, 0.1) is 58.2 Å². The van der Waals surface area contributed by atoms with Gasteiger partial charge in [0.25, 0.3) is 0 Å². The number of hydrogen-bond acceptors (Lipinski definition) is 2. The third-order valence-corrected chi connectivity index (χ3v) is 8.15. The number of halogens is 10. The van der Waals surface area contributed by atoms with Crippen molar-refractivity contribution >= 4 is 49.1 Å². The van der Waals surface area contributed by atoms with E-state index in [4.69, 9.17) is 0 Å². The molecule has 5 heterocycles. The lowest BCUT2D eigenvalue weighted by molar-refractivity contribution is 0.381. The third kappa shape index (κ3) is 3.18. The molecule has 4 nitrogen and oxygen atoms in total. The average molecular weight is 628 g/mol. The highest BCUT2D eigenvalue weighted by Crippen LogP contribution is 2.48. The third-order valence-electron chi connectivity index (χ3n) is 8.15. The van der Waals surface area contributed by atoms with Gasteiger partial charge in [0, 0.05) is 69.9 Å². The van der Waals surface area contributed by atoms with E-state index in [1.165, 1.54) is 52.8 Å². The number of fused-ring (bicyclic) bond motifs is 4. The highest BCUT2D eigenvalue weighted by atomic mass is 19.2. The highest BCUT2D eigenvalue weighted by Gasteiger charge is 2.33. The van der Waals surface area contributed by atoms with E-state index in [2.05, 4.69) is 9.97 Å². The Balaban J connectivity index is 1.72. The van der Waals surface area contributed by atoms with Crippen LogP contribution in [0.1, 0.15) is 0 Å². The lowest BCUT2D eigenvalue weighted by atomic mass is 9.97. The zero-order valence-corrected chi connectivity index (χ0v) is 22.1.